The Bertz CT molecular complexity index is 1060. The quantitative estimate of drug-likeness (QED) is 0.321. The van der Waals surface area contributed by atoms with Crippen LogP contribution in [0.2, 0.25) is 0 Å². The maximum atomic E-state index is 4.78. The standard InChI is InChI=1S/C37H54N2/c1-5-30-21-23-38(24-22-30)36-13-10-14-37(26-36)39(29(4)33-11-8-7-9-12-33)27-31-15-17-34(18-16-31)35-20-19-32(6-2)28(3)25-35/h10,13-14,19-20,25-26,30-31,33-34H,4-9,11-12,15-18,21-24,27H2,1-3H3. The molecule has 0 spiro atoms. The van der Waals surface area contributed by atoms with Crippen LogP contribution in [0.4, 0.5) is 11.4 Å². The van der Waals surface area contributed by atoms with E-state index in [9.17, 15) is 0 Å². The Labute approximate surface area is 239 Å². The number of allylic oxidation sites excluding steroid dienone is 1. The summed E-state index contributed by atoms with van der Waals surface area (Å²) in [6.45, 7) is 15.2. The molecule has 0 N–H and O–H groups in total. The lowest BCUT2D eigenvalue weighted by atomic mass is 9.77. The average Bonchev–Trinajstić information content (AvgIpc) is 3.00. The second-order valence-corrected chi connectivity index (χ2v) is 13.1. The van der Waals surface area contributed by atoms with Crippen LogP contribution in [0.1, 0.15) is 114 Å². The van der Waals surface area contributed by atoms with Gasteiger partial charge in [0, 0.05) is 36.7 Å². The number of piperidine rings is 1. The third kappa shape index (κ3) is 6.93. The van der Waals surface area contributed by atoms with Gasteiger partial charge in [0.1, 0.15) is 0 Å². The predicted octanol–water partition coefficient (Wildman–Crippen LogP) is 10.1. The molecule has 1 saturated heterocycles. The number of hydrogen-bond donors (Lipinski definition) is 0. The third-order valence-corrected chi connectivity index (χ3v) is 10.6. The molecule has 0 atom stereocenters. The second-order valence-electron chi connectivity index (χ2n) is 13.1. The van der Waals surface area contributed by atoms with Gasteiger partial charge in [0.25, 0.3) is 0 Å². The average molecular weight is 527 g/mol. The lowest BCUT2D eigenvalue weighted by Crippen LogP contribution is -2.35. The Kier molecular flexibility index (Phi) is 9.75. The van der Waals surface area contributed by atoms with Crippen molar-refractivity contribution in [1.29, 1.82) is 0 Å². The highest BCUT2D eigenvalue weighted by molar-refractivity contribution is 5.62. The smallest absolute Gasteiger partial charge is 0.0429 e. The minimum atomic E-state index is 0.652. The monoisotopic (exact) mass is 526 g/mol. The summed E-state index contributed by atoms with van der Waals surface area (Å²) in [5.74, 6) is 3.05. The van der Waals surface area contributed by atoms with E-state index in [2.05, 4.69) is 73.0 Å². The van der Waals surface area contributed by atoms with Crippen molar-refractivity contribution < 1.29 is 0 Å². The van der Waals surface area contributed by atoms with E-state index in [1.54, 1.807) is 5.56 Å². The van der Waals surface area contributed by atoms with Gasteiger partial charge in [-0.1, -0.05) is 70.4 Å². The van der Waals surface area contributed by atoms with Crippen LogP contribution in [0.3, 0.4) is 0 Å². The Morgan fingerprint density at radius 2 is 1.59 bits per heavy atom. The van der Waals surface area contributed by atoms with Crippen LogP contribution in [0.5, 0.6) is 0 Å². The minimum absolute atomic E-state index is 0.652. The lowest BCUT2D eigenvalue weighted by molar-refractivity contribution is 0.323. The molecule has 0 bridgehead atoms. The van der Waals surface area contributed by atoms with Crippen LogP contribution in [0.15, 0.2) is 54.7 Å². The molecule has 2 nitrogen and oxygen atoms in total. The van der Waals surface area contributed by atoms with Crippen LogP contribution < -0.4 is 9.80 Å². The van der Waals surface area contributed by atoms with Gasteiger partial charge in [0.2, 0.25) is 0 Å². The van der Waals surface area contributed by atoms with Gasteiger partial charge in [0.15, 0.2) is 0 Å². The molecular formula is C37H54N2. The van der Waals surface area contributed by atoms with E-state index in [1.807, 2.05) is 0 Å². The summed E-state index contributed by atoms with van der Waals surface area (Å²) >= 11 is 0. The Morgan fingerprint density at radius 1 is 0.846 bits per heavy atom. The number of hydrogen-bond acceptors (Lipinski definition) is 2. The van der Waals surface area contributed by atoms with Crippen molar-refractivity contribution in [3.05, 3.63) is 71.4 Å². The van der Waals surface area contributed by atoms with Crippen molar-refractivity contribution in [3.8, 4) is 0 Å². The zero-order valence-corrected chi connectivity index (χ0v) is 25.3. The first kappa shape index (κ1) is 28.3. The summed E-state index contributed by atoms with van der Waals surface area (Å²) < 4.78 is 0. The molecule has 3 aliphatic rings. The van der Waals surface area contributed by atoms with Crippen LogP contribution in [0.25, 0.3) is 0 Å². The Morgan fingerprint density at radius 3 is 2.26 bits per heavy atom. The van der Waals surface area contributed by atoms with Crippen molar-refractivity contribution >= 4 is 11.4 Å². The summed E-state index contributed by atoms with van der Waals surface area (Å²) in [5, 5.41) is 0. The molecule has 0 radical (unpaired) electrons. The fourth-order valence-electron chi connectivity index (χ4n) is 7.81. The molecule has 3 fully saturated rings. The van der Waals surface area contributed by atoms with Crippen molar-refractivity contribution in [2.45, 2.75) is 110 Å². The first-order valence-corrected chi connectivity index (χ1v) is 16.5. The van der Waals surface area contributed by atoms with Crippen LogP contribution in [-0.2, 0) is 6.42 Å². The summed E-state index contributed by atoms with van der Waals surface area (Å²) in [6, 6.07) is 16.8. The molecule has 2 aliphatic carbocycles. The van der Waals surface area contributed by atoms with E-state index in [0.29, 0.717) is 5.92 Å². The van der Waals surface area contributed by atoms with Gasteiger partial charge in [-0.05, 0) is 123 Å². The molecule has 1 aliphatic heterocycles. The highest BCUT2D eigenvalue weighted by atomic mass is 15.2. The lowest BCUT2D eigenvalue weighted by Gasteiger charge is -2.39. The Balaban J connectivity index is 1.29. The van der Waals surface area contributed by atoms with Gasteiger partial charge in [0.05, 0.1) is 0 Å². The summed E-state index contributed by atoms with van der Waals surface area (Å²) in [5.41, 5.74) is 8.74. The van der Waals surface area contributed by atoms with Crippen molar-refractivity contribution in [3.63, 3.8) is 0 Å². The molecule has 212 valence electrons. The van der Waals surface area contributed by atoms with E-state index in [0.717, 1.165) is 30.7 Å². The van der Waals surface area contributed by atoms with Gasteiger partial charge < -0.3 is 9.80 Å². The zero-order valence-electron chi connectivity index (χ0n) is 25.3. The highest BCUT2D eigenvalue weighted by Gasteiger charge is 2.28. The number of nitrogens with zero attached hydrogens (tertiary/aromatic N) is 2. The van der Waals surface area contributed by atoms with Gasteiger partial charge in [-0.2, -0.15) is 0 Å². The number of rotatable bonds is 9. The molecule has 2 saturated carbocycles. The number of benzene rings is 2. The van der Waals surface area contributed by atoms with E-state index < -0.39 is 0 Å². The van der Waals surface area contributed by atoms with E-state index in [1.165, 1.54) is 118 Å². The van der Waals surface area contributed by atoms with Crippen molar-refractivity contribution in [2.75, 3.05) is 29.4 Å². The van der Waals surface area contributed by atoms with Crippen LogP contribution in [-0.4, -0.2) is 19.6 Å². The molecular weight excluding hydrogens is 472 g/mol. The maximum Gasteiger partial charge on any atom is 0.0429 e. The predicted molar refractivity (Wildman–Crippen MR) is 170 cm³/mol. The maximum absolute atomic E-state index is 4.78. The third-order valence-electron chi connectivity index (χ3n) is 10.6. The van der Waals surface area contributed by atoms with Crippen LogP contribution >= 0.6 is 0 Å². The molecule has 39 heavy (non-hydrogen) atoms. The fourth-order valence-corrected chi connectivity index (χ4v) is 7.81. The fraction of sp³-hybridized carbons (Fsp3) is 0.622. The molecule has 1 heterocycles. The Hall–Kier alpha value is -2.22. The molecule has 5 rings (SSSR count). The zero-order chi connectivity index (χ0) is 27.2. The topological polar surface area (TPSA) is 6.48 Å². The minimum Gasteiger partial charge on any atom is -0.371 e. The number of aryl methyl sites for hydroxylation is 2. The van der Waals surface area contributed by atoms with Crippen LogP contribution in [0, 0.1) is 24.7 Å². The van der Waals surface area contributed by atoms with Crippen molar-refractivity contribution in [1.82, 2.24) is 0 Å². The normalized spacial score (nSPS) is 23.1. The van der Waals surface area contributed by atoms with Gasteiger partial charge in [-0.15, -0.1) is 0 Å². The first-order valence-electron chi connectivity index (χ1n) is 16.5. The molecule has 2 heteroatoms. The van der Waals surface area contributed by atoms with Gasteiger partial charge in [-0.3, -0.25) is 0 Å². The van der Waals surface area contributed by atoms with Gasteiger partial charge >= 0.3 is 0 Å². The summed E-state index contributed by atoms with van der Waals surface area (Å²) in [4.78, 5) is 5.30. The molecule has 2 aromatic carbocycles. The largest absolute Gasteiger partial charge is 0.371 e. The van der Waals surface area contributed by atoms with E-state index in [-0.39, 0.29) is 0 Å². The molecule has 0 amide bonds. The van der Waals surface area contributed by atoms with Gasteiger partial charge in [-0.25, -0.2) is 0 Å². The molecule has 0 aromatic heterocycles. The summed E-state index contributed by atoms with van der Waals surface area (Å²) in [7, 11) is 0. The van der Waals surface area contributed by atoms with E-state index in [4.69, 9.17) is 6.58 Å². The summed E-state index contributed by atoms with van der Waals surface area (Å²) in [6.07, 6.45) is 17.2. The molecule has 2 aromatic rings. The second kappa shape index (κ2) is 13.4. The SMILES string of the molecule is C=C(C1CCCCC1)N(CC1CCC(c2ccc(CC)c(C)c2)CC1)c1cccc(N2CCC(CC)CC2)c1. The first-order chi connectivity index (χ1) is 19.1. The number of anilines is 2. The molecule has 0 unspecified atom stereocenters. The highest BCUT2D eigenvalue weighted by Crippen LogP contribution is 2.40. The van der Waals surface area contributed by atoms with Crippen molar-refractivity contribution in [2.24, 2.45) is 17.8 Å². The van der Waals surface area contributed by atoms with E-state index >= 15 is 0 Å².